The molecule has 1 aromatic heterocycles. The summed E-state index contributed by atoms with van der Waals surface area (Å²) in [6.07, 6.45) is 1.28. The predicted molar refractivity (Wildman–Crippen MR) is 81.7 cm³/mol. The average Bonchev–Trinajstić information content (AvgIpc) is 2.51. The number of hydrogen-bond acceptors (Lipinski definition) is 3. The highest BCUT2D eigenvalue weighted by atomic mass is 35.5. The maximum absolute atomic E-state index is 13.6. The van der Waals surface area contributed by atoms with Crippen LogP contribution in [-0.2, 0) is 6.54 Å². The van der Waals surface area contributed by atoms with Crippen LogP contribution in [0.15, 0.2) is 53.6 Å². The Balaban J connectivity index is 2.01. The molecule has 3 rings (SSSR count). The third-order valence-corrected chi connectivity index (χ3v) is 3.51. The Bertz CT molecular complexity index is 937. The summed E-state index contributed by atoms with van der Waals surface area (Å²) in [6.45, 7) is -0.283. The SMILES string of the molecule is O=C(Cn1cnc2ccc(Cl)cc2c1=O)c1ccccc1F. The summed E-state index contributed by atoms with van der Waals surface area (Å²) in [5.41, 5.74) is 0.0433. The van der Waals surface area contributed by atoms with Crippen molar-refractivity contribution in [3.05, 3.63) is 75.5 Å². The van der Waals surface area contributed by atoms with Crippen LogP contribution in [0.5, 0.6) is 0 Å². The van der Waals surface area contributed by atoms with E-state index in [9.17, 15) is 14.0 Å². The fourth-order valence-corrected chi connectivity index (χ4v) is 2.34. The molecule has 110 valence electrons. The topological polar surface area (TPSA) is 52.0 Å². The second-order valence-corrected chi connectivity index (χ2v) is 5.18. The van der Waals surface area contributed by atoms with Crippen molar-refractivity contribution in [2.45, 2.75) is 6.54 Å². The number of aromatic nitrogens is 2. The van der Waals surface area contributed by atoms with E-state index in [1.54, 1.807) is 18.2 Å². The summed E-state index contributed by atoms with van der Waals surface area (Å²) < 4.78 is 14.8. The third-order valence-electron chi connectivity index (χ3n) is 3.27. The minimum Gasteiger partial charge on any atom is -0.292 e. The van der Waals surface area contributed by atoms with Crippen LogP contribution in [0.4, 0.5) is 4.39 Å². The number of halogens is 2. The van der Waals surface area contributed by atoms with Gasteiger partial charge in [-0.1, -0.05) is 23.7 Å². The average molecular weight is 317 g/mol. The number of Topliss-reactive ketones (excluding diaryl/α,β-unsaturated/α-hetero) is 1. The lowest BCUT2D eigenvalue weighted by Crippen LogP contribution is -2.25. The van der Waals surface area contributed by atoms with Gasteiger partial charge in [0.05, 0.1) is 29.3 Å². The van der Waals surface area contributed by atoms with E-state index in [2.05, 4.69) is 4.98 Å². The zero-order chi connectivity index (χ0) is 15.7. The number of fused-ring (bicyclic) bond motifs is 1. The molecule has 0 fully saturated rings. The Labute approximate surface area is 129 Å². The zero-order valence-corrected chi connectivity index (χ0v) is 12.0. The van der Waals surface area contributed by atoms with Crippen molar-refractivity contribution in [2.24, 2.45) is 0 Å². The lowest BCUT2D eigenvalue weighted by atomic mass is 10.1. The van der Waals surface area contributed by atoms with Crippen molar-refractivity contribution in [3.8, 4) is 0 Å². The molecule has 0 N–H and O–H groups in total. The Kier molecular flexibility index (Phi) is 3.73. The minimum absolute atomic E-state index is 0.0550. The Hall–Kier alpha value is -2.53. The summed E-state index contributed by atoms with van der Waals surface area (Å²) in [7, 11) is 0. The van der Waals surface area contributed by atoms with Crippen molar-refractivity contribution < 1.29 is 9.18 Å². The summed E-state index contributed by atoms with van der Waals surface area (Å²) in [4.78, 5) is 28.6. The van der Waals surface area contributed by atoms with Gasteiger partial charge in [-0.25, -0.2) is 9.37 Å². The quantitative estimate of drug-likeness (QED) is 0.698. The minimum atomic E-state index is -0.614. The van der Waals surface area contributed by atoms with Gasteiger partial charge in [-0.3, -0.25) is 14.2 Å². The number of carbonyl (C=O) groups is 1. The Morgan fingerprint density at radius 3 is 2.77 bits per heavy atom. The van der Waals surface area contributed by atoms with Crippen LogP contribution in [0.3, 0.4) is 0 Å². The fourth-order valence-electron chi connectivity index (χ4n) is 2.17. The van der Waals surface area contributed by atoms with Crippen LogP contribution >= 0.6 is 11.6 Å². The molecule has 0 unspecified atom stereocenters. The standard InChI is InChI=1S/C16H10ClFN2O2/c17-10-5-6-14-12(7-10)16(22)20(9-19-14)8-15(21)11-3-1-2-4-13(11)18/h1-7,9H,8H2. The van der Waals surface area contributed by atoms with Crippen LogP contribution in [-0.4, -0.2) is 15.3 Å². The molecule has 4 nitrogen and oxygen atoms in total. The van der Waals surface area contributed by atoms with Crippen LogP contribution in [0.2, 0.25) is 5.02 Å². The van der Waals surface area contributed by atoms with Gasteiger partial charge in [-0.2, -0.15) is 0 Å². The van der Waals surface area contributed by atoms with Gasteiger partial charge in [0, 0.05) is 5.02 Å². The van der Waals surface area contributed by atoms with Gasteiger partial charge in [0.15, 0.2) is 5.78 Å². The van der Waals surface area contributed by atoms with E-state index in [-0.39, 0.29) is 12.1 Å². The van der Waals surface area contributed by atoms with E-state index in [0.717, 1.165) is 4.57 Å². The van der Waals surface area contributed by atoms with Crippen LogP contribution in [0.1, 0.15) is 10.4 Å². The number of benzene rings is 2. The maximum atomic E-state index is 13.6. The molecule has 0 aliphatic heterocycles. The van der Waals surface area contributed by atoms with Gasteiger partial charge < -0.3 is 0 Å². The van der Waals surface area contributed by atoms with Gasteiger partial charge >= 0.3 is 0 Å². The molecule has 1 heterocycles. The summed E-state index contributed by atoms with van der Waals surface area (Å²) in [5.74, 6) is -1.11. The highest BCUT2D eigenvalue weighted by Gasteiger charge is 2.13. The first-order valence-corrected chi connectivity index (χ1v) is 6.86. The van der Waals surface area contributed by atoms with E-state index in [1.807, 2.05) is 0 Å². The van der Waals surface area contributed by atoms with Gasteiger partial charge in [-0.15, -0.1) is 0 Å². The summed E-state index contributed by atoms with van der Waals surface area (Å²) in [5, 5.41) is 0.723. The largest absolute Gasteiger partial charge is 0.292 e. The lowest BCUT2D eigenvalue weighted by Gasteiger charge is -2.07. The molecule has 2 aromatic carbocycles. The molecular formula is C16H10ClFN2O2. The predicted octanol–water partition coefficient (Wildman–Crippen LogP) is 3.07. The molecule has 0 saturated carbocycles. The normalized spacial score (nSPS) is 10.8. The highest BCUT2D eigenvalue weighted by Crippen LogP contribution is 2.14. The molecule has 0 aliphatic carbocycles. The van der Waals surface area contributed by atoms with Crippen LogP contribution in [0, 0.1) is 5.82 Å². The fraction of sp³-hybridized carbons (Fsp3) is 0.0625. The van der Waals surface area contributed by atoms with Crippen molar-refractivity contribution in [3.63, 3.8) is 0 Å². The smallest absolute Gasteiger partial charge is 0.261 e. The molecule has 0 aliphatic rings. The van der Waals surface area contributed by atoms with Crippen LogP contribution in [0.25, 0.3) is 10.9 Å². The number of nitrogens with zero attached hydrogens (tertiary/aromatic N) is 2. The molecule has 22 heavy (non-hydrogen) atoms. The second-order valence-electron chi connectivity index (χ2n) is 4.74. The van der Waals surface area contributed by atoms with Crippen molar-refractivity contribution >= 4 is 28.3 Å². The number of hydrogen-bond donors (Lipinski definition) is 0. The molecule has 0 amide bonds. The van der Waals surface area contributed by atoms with Crippen molar-refractivity contribution in [1.29, 1.82) is 0 Å². The van der Waals surface area contributed by atoms with Crippen molar-refractivity contribution in [1.82, 2.24) is 9.55 Å². The first-order chi connectivity index (χ1) is 10.6. The summed E-state index contributed by atoms with van der Waals surface area (Å²) in [6, 6.07) is 10.4. The maximum Gasteiger partial charge on any atom is 0.261 e. The van der Waals surface area contributed by atoms with E-state index < -0.39 is 17.2 Å². The van der Waals surface area contributed by atoms with Gasteiger partial charge in [0.2, 0.25) is 0 Å². The molecule has 0 atom stereocenters. The van der Waals surface area contributed by atoms with Gasteiger partial charge in [0.25, 0.3) is 5.56 Å². The number of carbonyl (C=O) groups excluding carboxylic acids is 1. The zero-order valence-electron chi connectivity index (χ0n) is 11.3. The molecular weight excluding hydrogens is 307 g/mol. The van der Waals surface area contributed by atoms with Gasteiger partial charge in [0.1, 0.15) is 5.82 Å². The second kappa shape index (κ2) is 5.69. The van der Waals surface area contributed by atoms with E-state index in [0.29, 0.717) is 15.9 Å². The molecule has 0 radical (unpaired) electrons. The monoisotopic (exact) mass is 316 g/mol. The third kappa shape index (κ3) is 2.63. The van der Waals surface area contributed by atoms with E-state index in [1.165, 1.54) is 30.6 Å². The summed E-state index contributed by atoms with van der Waals surface area (Å²) >= 11 is 5.87. The van der Waals surface area contributed by atoms with Crippen molar-refractivity contribution in [2.75, 3.05) is 0 Å². The van der Waals surface area contributed by atoms with E-state index in [4.69, 9.17) is 11.6 Å². The Morgan fingerprint density at radius 1 is 1.23 bits per heavy atom. The van der Waals surface area contributed by atoms with Crippen LogP contribution < -0.4 is 5.56 Å². The molecule has 6 heteroatoms. The number of rotatable bonds is 3. The number of ketones is 1. The molecule has 0 saturated heterocycles. The molecule has 0 bridgehead atoms. The van der Waals surface area contributed by atoms with E-state index >= 15 is 0 Å². The van der Waals surface area contributed by atoms with Gasteiger partial charge in [-0.05, 0) is 30.3 Å². The Morgan fingerprint density at radius 2 is 2.00 bits per heavy atom. The molecule has 3 aromatic rings. The highest BCUT2D eigenvalue weighted by molar-refractivity contribution is 6.31. The molecule has 0 spiro atoms. The lowest BCUT2D eigenvalue weighted by molar-refractivity contribution is 0.0966. The first-order valence-electron chi connectivity index (χ1n) is 6.48. The first kappa shape index (κ1) is 14.4.